The van der Waals surface area contributed by atoms with E-state index in [9.17, 15) is 27.3 Å². The van der Waals surface area contributed by atoms with E-state index in [0.717, 1.165) is 206 Å². The lowest BCUT2D eigenvalue weighted by Crippen LogP contribution is -2.39. The van der Waals surface area contributed by atoms with Crippen LogP contribution in [0.5, 0.6) is 0 Å². The highest BCUT2D eigenvalue weighted by molar-refractivity contribution is 7.92. The molecule has 0 aromatic rings. The monoisotopic (exact) mass is 1760 g/mol. The standard InChI is InChI=1S/C108H176O6S6/c109-115-61-73-1-25-85(26-2-73)97-49-98-51-99(50-97)87-31-7-76(8-32-87)64-117(111)66-78-15-39-92(40-16-78)104-56-106-60-108(58-104)96-47-23-84(24-48-96)72-120(114)71-83-21-45-95(46-22-83)107-57-103(91-37-13-77(14-38-91)65-116(110)63-75-5-29-86(98)30-6-75)55-105(59-107)93-41-17-81(18-42-93)69-118(112)67-79-9-33-89(34-10-79)101-52-100(88-27-3-74(62-115)4-28-88)53-102(54-101)90-35-11-80(12-36-90)68-119(113)70-82-19-43-94(106)44-20-82/h1,25,74-84,86-108H,2-24,26-72H2/t74-,75-,76?,77-,78?,79-,80-,81-,82-,83-,84-,86+,87?,88+,89+,90+,91+,92?,93+,94+,95+,96+,97-,98+,99?,100-,101?,102?,103+,104?,105?,106-,107?,108+,115?,116?,117-,118-,119?,120?/m1/s1. The largest absolute Gasteiger partial charge is 0.616 e. The van der Waals surface area contributed by atoms with E-state index in [1.807, 2.05) is 0 Å². The second-order valence-electron chi connectivity index (χ2n) is 49.2. The average molecular weight is 1760 g/mol. The van der Waals surface area contributed by atoms with E-state index in [2.05, 4.69) is 12.2 Å². The van der Waals surface area contributed by atoms with E-state index in [4.69, 9.17) is 0 Å². The fourth-order valence-corrected chi connectivity index (χ4v) is 46.0. The van der Waals surface area contributed by atoms with E-state index in [1.54, 1.807) is 5.57 Å². The molecular formula is C108H176O6S6. The summed E-state index contributed by atoms with van der Waals surface area (Å²) < 4.78 is 87.5. The summed E-state index contributed by atoms with van der Waals surface area (Å²) in [5, 5.41) is 0. The molecule has 40 aliphatic heterocycles. The third kappa shape index (κ3) is 23.7. The molecule has 15 saturated carbocycles. The first-order valence-electron chi connectivity index (χ1n) is 54.1. The van der Waals surface area contributed by atoms with Crippen LogP contribution in [0.4, 0.5) is 0 Å². The molecule has 16 aliphatic carbocycles. The minimum absolute atomic E-state index is 0.604. The predicted molar refractivity (Wildman–Crippen MR) is 510 cm³/mol. The molecule has 0 amide bonds. The molecule has 56 aliphatic rings. The Kier molecular flexibility index (Phi) is 32.5. The SMILES string of the molecule is [O-][S+]1CC2=CC=C(CC2)[C@H]2CC3C[C@H](C2)[C@H]2CC[C@H](CC2)C[S+]([O-])C[C@@H]2CC[C@@H](CC2)[C@@H]2CC4CC(C2)[C@H]2CC[C@H](CC2)C[S@+]([O-])C[C@@H]2CC[C@@H](CC2)C2CC(C[C@@H](C2)[C@H]2CC[C@H](CC2)C1)[C@H]1CC[C@H](CC1)C[S+]([O-])C[C@@H]1CC[C@@H](CC1)[C@@H]1CC(C[C@@H](C1)[C@H]1CC[C@H](CC1)C[S+]([O-])C[C@@H]1CC[C@H]4CC1)C1CCC(CC1)C[S@+]([O-])CC1CCC3CC1. The molecule has 120 heavy (non-hydrogen) atoms. The van der Waals surface area contributed by atoms with Gasteiger partial charge in [0.1, 0.15) is 69.0 Å². The highest BCUT2D eigenvalue weighted by Crippen LogP contribution is 2.59. The summed E-state index contributed by atoms with van der Waals surface area (Å²) >= 11 is -4.41. The molecule has 10 unspecified atom stereocenters. The Morgan fingerprint density at radius 1 is 0.158 bits per heavy atom. The van der Waals surface area contributed by atoms with Gasteiger partial charge in [-0.2, -0.15) is 0 Å². The van der Waals surface area contributed by atoms with Crippen LogP contribution >= 0.6 is 0 Å². The van der Waals surface area contributed by atoms with E-state index < -0.39 is 67.1 Å². The predicted octanol–water partition coefficient (Wildman–Crippen LogP) is 26.2. The fraction of sp³-hybridized carbons (Fsp3) is 0.963. The molecule has 18 atom stereocenters. The van der Waals surface area contributed by atoms with Gasteiger partial charge in [-0.05, 0) is 525 Å². The summed E-state index contributed by atoms with van der Waals surface area (Å²) in [5.41, 5.74) is 3.19. The zero-order valence-electron chi connectivity index (χ0n) is 76.2. The van der Waals surface area contributed by atoms with Crippen molar-refractivity contribution in [2.24, 2.45) is 201 Å². The third-order valence-electron chi connectivity index (χ3n) is 42.1. The van der Waals surface area contributed by atoms with Crippen molar-refractivity contribution in [2.75, 3.05) is 69.0 Å². The highest BCUT2D eigenvalue weighted by atomic mass is 32.2. The third-order valence-corrected chi connectivity index (χ3v) is 52.1. The van der Waals surface area contributed by atoms with Crippen molar-refractivity contribution in [3.63, 3.8) is 0 Å². The Hall–Kier alpha value is 1.34. The lowest BCUT2D eigenvalue weighted by molar-refractivity contribution is 0.0345. The molecule has 12 heteroatoms. The molecule has 56 rings (SSSR count). The molecule has 36 bridgehead atoms. The highest BCUT2D eigenvalue weighted by Gasteiger charge is 2.50. The molecule has 6 nitrogen and oxygen atoms in total. The van der Waals surface area contributed by atoms with Gasteiger partial charge in [0.2, 0.25) is 0 Å². The maximum absolute atomic E-state index is 14.6. The molecule has 40 heterocycles. The van der Waals surface area contributed by atoms with Crippen LogP contribution in [0.15, 0.2) is 23.3 Å². The van der Waals surface area contributed by atoms with Crippen molar-refractivity contribution in [3.05, 3.63) is 23.3 Å². The second kappa shape index (κ2) is 43.1. The average Bonchev–Trinajstić information content (AvgIpc) is 0.808. The summed E-state index contributed by atoms with van der Waals surface area (Å²) in [7, 11) is 0. The van der Waals surface area contributed by atoms with Crippen LogP contribution < -0.4 is 0 Å². The lowest BCUT2D eigenvalue weighted by Gasteiger charge is -2.48. The van der Waals surface area contributed by atoms with Gasteiger partial charge in [0.15, 0.2) is 0 Å². The van der Waals surface area contributed by atoms with Crippen molar-refractivity contribution < 1.29 is 27.3 Å². The first-order valence-corrected chi connectivity index (χ1v) is 63.1. The summed E-state index contributed by atoms with van der Waals surface area (Å²) in [6, 6.07) is 0. The number of rotatable bonds is 0. The summed E-state index contributed by atoms with van der Waals surface area (Å²) in [6.45, 7) is 0. The zero-order valence-corrected chi connectivity index (χ0v) is 81.1. The topological polar surface area (TPSA) is 138 Å². The van der Waals surface area contributed by atoms with Gasteiger partial charge in [-0.3, -0.25) is 0 Å². The molecule has 0 radical (unpaired) electrons. The van der Waals surface area contributed by atoms with E-state index in [1.165, 1.54) is 372 Å². The number of allylic oxidation sites excluding steroid dienone is 3. The Labute approximate surface area is 754 Å². The number of hydrogen-bond acceptors (Lipinski definition) is 6. The molecule has 39 fully saturated rings. The second-order valence-corrected chi connectivity index (χ2v) is 58.4. The van der Waals surface area contributed by atoms with Crippen molar-refractivity contribution >= 4 is 67.1 Å². The van der Waals surface area contributed by atoms with Crippen LogP contribution in [-0.4, -0.2) is 96.4 Å². The summed E-state index contributed by atoms with van der Waals surface area (Å²) in [5.74, 6) is 37.4. The van der Waals surface area contributed by atoms with Gasteiger partial charge in [-0.15, -0.1) is 0 Å². The van der Waals surface area contributed by atoms with Gasteiger partial charge in [-0.1, -0.05) is 73.6 Å². The summed E-state index contributed by atoms with van der Waals surface area (Å²) in [6.07, 6.45) is 83.4. The van der Waals surface area contributed by atoms with Crippen LogP contribution in [0.25, 0.3) is 0 Å². The van der Waals surface area contributed by atoms with Crippen LogP contribution in [0.2, 0.25) is 0 Å². The van der Waals surface area contributed by atoms with Crippen molar-refractivity contribution in [1.29, 1.82) is 0 Å². The first kappa shape index (κ1) is 90.5. The molecule has 24 saturated heterocycles. The zero-order chi connectivity index (χ0) is 81.2. The van der Waals surface area contributed by atoms with E-state index in [-0.39, 0.29) is 0 Å². The van der Waals surface area contributed by atoms with Gasteiger partial charge < -0.3 is 27.3 Å². The van der Waals surface area contributed by atoms with Gasteiger partial charge in [0, 0.05) is 65.1 Å². The Bertz CT molecular complexity index is 2940. The van der Waals surface area contributed by atoms with Crippen LogP contribution in [0, 0.1) is 201 Å². The fourth-order valence-electron chi connectivity index (χ4n) is 35.1. The van der Waals surface area contributed by atoms with Crippen LogP contribution in [-0.2, 0) is 67.1 Å². The molecule has 0 aromatic heterocycles. The van der Waals surface area contributed by atoms with Gasteiger partial charge in [0.25, 0.3) is 0 Å². The van der Waals surface area contributed by atoms with Crippen molar-refractivity contribution in [3.8, 4) is 0 Å². The van der Waals surface area contributed by atoms with Gasteiger partial charge in [0.05, 0.1) is 0 Å². The Morgan fingerprint density at radius 2 is 0.308 bits per heavy atom. The van der Waals surface area contributed by atoms with Crippen molar-refractivity contribution in [2.45, 2.75) is 372 Å². The molecule has 680 valence electrons. The normalized spacial score (nSPS) is 51.0. The molecule has 0 spiro atoms. The quantitative estimate of drug-likeness (QED) is 0.221. The molecule has 0 aromatic carbocycles. The smallest absolute Gasteiger partial charge is 0.127 e. The Morgan fingerprint density at radius 3 is 0.458 bits per heavy atom. The number of hydrogen-bond donors (Lipinski definition) is 0. The van der Waals surface area contributed by atoms with Gasteiger partial charge in [-0.25, -0.2) is 0 Å². The minimum Gasteiger partial charge on any atom is -0.616 e. The van der Waals surface area contributed by atoms with E-state index in [0.29, 0.717) is 71.0 Å². The maximum atomic E-state index is 14.6. The van der Waals surface area contributed by atoms with E-state index >= 15 is 0 Å². The lowest BCUT2D eigenvalue weighted by atomic mass is 9.58. The van der Waals surface area contributed by atoms with Crippen LogP contribution in [0.1, 0.15) is 372 Å². The summed E-state index contributed by atoms with van der Waals surface area (Å²) in [4.78, 5) is 0. The first-order chi connectivity index (χ1) is 58.7. The minimum atomic E-state index is -0.809. The molecule has 0 N–H and O–H groups in total. The van der Waals surface area contributed by atoms with Gasteiger partial charge >= 0.3 is 0 Å². The maximum Gasteiger partial charge on any atom is 0.127 e. The molecular weight excluding hydrogens is 1590 g/mol. The Balaban J connectivity index is 0.600. The van der Waals surface area contributed by atoms with Crippen LogP contribution in [0.3, 0.4) is 0 Å². The van der Waals surface area contributed by atoms with Crippen molar-refractivity contribution in [1.82, 2.24) is 0 Å².